The van der Waals surface area contributed by atoms with Crippen LogP contribution in [0.15, 0.2) is 35.5 Å². The molecule has 0 saturated heterocycles. The van der Waals surface area contributed by atoms with Crippen LogP contribution in [0.3, 0.4) is 0 Å². The largest absolute Gasteiger partial charge is 0.398 e. The molecule has 0 aliphatic carbocycles. The van der Waals surface area contributed by atoms with Crippen molar-refractivity contribution in [3.63, 3.8) is 0 Å². The molecule has 1 aromatic rings. The first-order valence-electron chi connectivity index (χ1n) is 5.72. The highest BCUT2D eigenvalue weighted by molar-refractivity contribution is 6.50. The van der Waals surface area contributed by atoms with Gasteiger partial charge in [0.2, 0.25) is 17.4 Å². The van der Waals surface area contributed by atoms with Crippen LogP contribution in [0.4, 0.5) is 0 Å². The van der Waals surface area contributed by atoms with Gasteiger partial charge in [0.05, 0.1) is 0 Å². The first-order valence-corrected chi connectivity index (χ1v) is 5.72. The molecule has 0 aliphatic rings. The van der Waals surface area contributed by atoms with Gasteiger partial charge in [0, 0.05) is 6.54 Å². The van der Waals surface area contributed by atoms with E-state index in [1.807, 2.05) is 30.3 Å². The summed E-state index contributed by atoms with van der Waals surface area (Å²) in [7, 11) is 1.19. The summed E-state index contributed by atoms with van der Waals surface area (Å²) in [6.45, 7) is 0.240. The summed E-state index contributed by atoms with van der Waals surface area (Å²) in [5, 5.41) is 14.4. The van der Waals surface area contributed by atoms with Crippen molar-refractivity contribution in [3.05, 3.63) is 35.9 Å². The number of Topliss-reactive ketones (excluding diaryl/α,β-unsaturated/α-hetero) is 1. The molecule has 1 aromatic carbocycles. The highest BCUT2D eigenvalue weighted by Crippen LogP contribution is 1.98. The van der Waals surface area contributed by atoms with Gasteiger partial charge in [-0.3, -0.25) is 9.59 Å². The number of hydrogen-bond donors (Lipinski definition) is 2. The van der Waals surface area contributed by atoms with Gasteiger partial charge in [0.15, 0.2) is 6.04 Å². The lowest BCUT2D eigenvalue weighted by Crippen LogP contribution is -2.48. The second-order valence-electron chi connectivity index (χ2n) is 3.78. The number of carbonyl (C=O) groups is 2. The van der Waals surface area contributed by atoms with Gasteiger partial charge < -0.3 is 15.9 Å². The van der Waals surface area contributed by atoms with E-state index < -0.39 is 23.4 Å². The molecular formula is C13H14N4O3. The zero-order valence-corrected chi connectivity index (χ0v) is 10.9. The van der Waals surface area contributed by atoms with E-state index in [0.29, 0.717) is 0 Å². The monoisotopic (exact) mass is 274 g/mol. The van der Waals surface area contributed by atoms with E-state index in [4.69, 9.17) is 11.0 Å². The Kier molecular flexibility index (Phi) is 5.87. The molecule has 0 spiro atoms. The lowest BCUT2D eigenvalue weighted by Gasteiger charge is -2.10. The predicted molar refractivity (Wildman–Crippen MR) is 71.3 cm³/mol. The number of nitrogens with two attached hydrogens (primary N) is 1. The number of nitrogens with one attached hydrogen (secondary N) is 1. The summed E-state index contributed by atoms with van der Waals surface area (Å²) in [6, 6.07) is 9.17. The molecule has 1 unspecified atom stereocenters. The zero-order valence-electron chi connectivity index (χ0n) is 10.9. The minimum absolute atomic E-state index is 0.240. The van der Waals surface area contributed by atoms with E-state index in [0.717, 1.165) is 5.56 Å². The number of rotatable bonds is 6. The average molecular weight is 274 g/mol. The molecule has 0 fully saturated rings. The Hall–Kier alpha value is -2.72. The summed E-state index contributed by atoms with van der Waals surface area (Å²) in [5.41, 5.74) is 5.80. The SMILES string of the molecule is CON=C(C#N)C(=O)C(N)C(=O)NCc1ccccc1. The lowest BCUT2D eigenvalue weighted by atomic mass is 10.1. The summed E-state index contributed by atoms with van der Waals surface area (Å²) >= 11 is 0. The van der Waals surface area contributed by atoms with Crippen LogP contribution >= 0.6 is 0 Å². The van der Waals surface area contributed by atoms with Crippen molar-refractivity contribution in [1.29, 1.82) is 5.26 Å². The number of ketones is 1. The van der Waals surface area contributed by atoms with Gasteiger partial charge in [-0.1, -0.05) is 35.5 Å². The molecule has 1 amide bonds. The topological polar surface area (TPSA) is 118 Å². The van der Waals surface area contributed by atoms with Gasteiger partial charge in [-0.15, -0.1) is 0 Å². The van der Waals surface area contributed by atoms with E-state index in [9.17, 15) is 9.59 Å². The second kappa shape index (κ2) is 7.66. The summed E-state index contributed by atoms with van der Waals surface area (Å²) in [5.74, 6) is -1.57. The van der Waals surface area contributed by atoms with E-state index in [-0.39, 0.29) is 6.54 Å². The number of oxime groups is 1. The van der Waals surface area contributed by atoms with E-state index >= 15 is 0 Å². The molecule has 0 radical (unpaired) electrons. The molecule has 0 bridgehead atoms. The third-order valence-corrected chi connectivity index (χ3v) is 2.40. The smallest absolute Gasteiger partial charge is 0.245 e. The summed E-state index contributed by atoms with van der Waals surface area (Å²) in [6.07, 6.45) is 0. The van der Waals surface area contributed by atoms with Crippen LogP contribution in [0, 0.1) is 11.3 Å². The highest BCUT2D eigenvalue weighted by atomic mass is 16.6. The highest BCUT2D eigenvalue weighted by Gasteiger charge is 2.26. The van der Waals surface area contributed by atoms with Crippen LogP contribution in [-0.4, -0.2) is 30.6 Å². The maximum absolute atomic E-state index is 11.7. The molecule has 7 nitrogen and oxygen atoms in total. The van der Waals surface area contributed by atoms with Crippen molar-refractivity contribution < 1.29 is 14.4 Å². The Labute approximate surface area is 116 Å². The van der Waals surface area contributed by atoms with Crippen LogP contribution in [0.1, 0.15) is 5.56 Å². The molecule has 0 saturated carbocycles. The Morgan fingerprint density at radius 2 is 2.10 bits per heavy atom. The fourth-order valence-corrected chi connectivity index (χ4v) is 1.37. The summed E-state index contributed by atoms with van der Waals surface area (Å²) < 4.78 is 0. The number of amides is 1. The summed E-state index contributed by atoms with van der Waals surface area (Å²) in [4.78, 5) is 27.8. The van der Waals surface area contributed by atoms with Crippen molar-refractivity contribution in [3.8, 4) is 6.07 Å². The van der Waals surface area contributed by atoms with Crippen molar-refractivity contribution in [2.75, 3.05) is 7.11 Å². The molecule has 20 heavy (non-hydrogen) atoms. The molecule has 0 aliphatic heterocycles. The Morgan fingerprint density at radius 1 is 1.45 bits per heavy atom. The molecule has 1 rings (SSSR count). The minimum Gasteiger partial charge on any atom is -0.398 e. The van der Waals surface area contributed by atoms with Crippen LogP contribution in [0.25, 0.3) is 0 Å². The first kappa shape index (κ1) is 15.3. The molecule has 7 heteroatoms. The van der Waals surface area contributed by atoms with E-state index in [1.165, 1.54) is 13.2 Å². The van der Waals surface area contributed by atoms with Gasteiger partial charge in [0.1, 0.15) is 13.2 Å². The van der Waals surface area contributed by atoms with Crippen molar-refractivity contribution in [2.45, 2.75) is 12.6 Å². The maximum atomic E-state index is 11.7. The predicted octanol–water partition coefficient (Wildman–Crippen LogP) is -0.275. The van der Waals surface area contributed by atoms with Gasteiger partial charge in [-0.2, -0.15) is 5.26 Å². The molecule has 1 atom stereocenters. The standard InChI is InChI=1S/C13H14N4O3/c1-20-17-10(7-14)12(18)11(15)13(19)16-8-9-5-3-2-4-6-9/h2-6,11H,8,15H2,1H3,(H,16,19). The van der Waals surface area contributed by atoms with Gasteiger partial charge in [0.25, 0.3) is 0 Å². The fraction of sp³-hybridized carbons (Fsp3) is 0.231. The molecule has 0 aromatic heterocycles. The maximum Gasteiger partial charge on any atom is 0.245 e. The quantitative estimate of drug-likeness (QED) is 0.420. The van der Waals surface area contributed by atoms with Crippen molar-refractivity contribution >= 4 is 17.4 Å². The van der Waals surface area contributed by atoms with Crippen molar-refractivity contribution in [1.82, 2.24) is 5.32 Å². The number of nitriles is 1. The second-order valence-corrected chi connectivity index (χ2v) is 3.78. The Balaban J connectivity index is 2.61. The Morgan fingerprint density at radius 3 is 2.65 bits per heavy atom. The molecule has 104 valence electrons. The average Bonchev–Trinajstić information content (AvgIpc) is 2.49. The fourth-order valence-electron chi connectivity index (χ4n) is 1.37. The molecular weight excluding hydrogens is 260 g/mol. The number of hydrogen-bond acceptors (Lipinski definition) is 6. The van der Waals surface area contributed by atoms with Crippen LogP contribution in [0.2, 0.25) is 0 Å². The normalized spacial score (nSPS) is 12.2. The zero-order chi connectivity index (χ0) is 15.0. The van der Waals surface area contributed by atoms with Gasteiger partial charge in [-0.05, 0) is 5.56 Å². The van der Waals surface area contributed by atoms with Crippen LogP contribution < -0.4 is 11.1 Å². The third-order valence-electron chi connectivity index (χ3n) is 2.40. The van der Waals surface area contributed by atoms with Crippen molar-refractivity contribution in [2.24, 2.45) is 10.9 Å². The Bertz CT molecular complexity index is 548. The van der Waals surface area contributed by atoms with Gasteiger partial charge in [-0.25, -0.2) is 0 Å². The number of carbonyl (C=O) groups excluding carboxylic acids is 2. The van der Waals surface area contributed by atoms with E-state index in [2.05, 4.69) is 15.3 Å². The van der Waals surface area contributed by atoms with E-state index in [1.54, 1.807) is 0 Å². The molecule has 0 heterocycles. The number of benzene rings is 1. The third kappa shape index (κ3) is 4.19. The number of nitrogens with zero attached hydrogens (tertiary/aromatic N) is 2. The van der Waals surface area contributed by atoms with Gasteiger partial charge >= 0.3 is 0 Å². The lowest BCUT2D eigenvalue weighted by molar-refractivity contribution is -0.127. The first-order chi connectivity index (χ1) is 9.60. The van der Waals surface area contributed by atoms with Crippen LogP contribution in [-0.2, 0) is 21.0 Å². The van der Waals surface area contributed by atoms with Crippen LogP contribution in [0.5, 0.6) is 0 Å². The molecule has 3 N–H and O–H groups in total. The minimum atomic E-state index is -1.49.